The minimum atomic E-state index is -0.879. The summed E-state index contributed by atoms with van der Waals surface area (Å²) < 4.78 is 0. The fourth-order valence-corrected chi connectivity index (χ4v) is 3.67. The Morgan fingerprint density at radius 1 is 1.04 bits per heavy atom. The Balaban J connectivity index is 1.87. The van der Waals surface area contributed by atoms with Crippen LogP contribution in [0.25, 0.3) is 0 Å². The Labute approximate surface area is 152 Å². The number of amides is 1. The molecular formula is C20H20ClNO3. The summed E-state index contributed by atoms with van der Waals surface area (Å²) in [6.07, 6.45) is 0. The van der Waals surface area contributed by atoms with Crippen molar-refractivity contribution in [1.29, 1.82) is 0 Å². The number of likely N-dealkylation sites (tertiary alicyclic amines) is 1. The van der Waals surface area contributed by atoms with Gasteiger partial charge in [0.05, 0.1) is 5.92 Å². The lowest BCUT2D eigenvalue weighted by molar-refractivity contribution is -0.141. The molecule has 1 amide bonds. The number of carbonyl (C=O) groups excluding carboxylic acids is 1. The second-order valence-corrected chi connectivity index (χ2v) is 7.13. The second kappa shape index (κ2) is 6.89. The smallest absolute Gasteiger partial charge is 0.308 e. The van der Waals surface area contributed by atoms with E-state index >= 15 is 0 Å². The maximum absolute atomic E-state index is 12.9. The van der Waals surface area contributed by atoms with Gasteiger partial charge in [0.1, 0.15) is 0 Å². The number of carboxylic acid groups (broad SMARTS) is 1. The predicted octanol–water partition coefficient (Wildman–Crippen LogP) is 3.90. The first kappa shape index (κ1) is 17.5. The van der Waals surface area contributed by atoms with Crippen molar-refractivity contribution >= 4 is 23.5 Å². The fraction of sp³-hybridized carbons (Fsp3) is 0.300. The van der Waals surface area contributed by atoms with Gasteiger partial charge in [-0.05, 0) is 43.7 Å². The third-order valence-corrected chi connectivity index (χ3v) is 4.94. The van der Waals surface area contributed by atoms with E-state index in [9.17, 15) is 14.7 Å². The Morgan fingerprint density at radius 2 is 1.64 bits per heavy atom. The normalized spacial score (nSPS) is 19.9. The van der Waals surface area contributed by atoms with Gasteiger partial charge in [0.25, 0.3) is 5.91 Å². The first-order valence-electron chi connectivity index (χ1n) is 8.21. The molecule has 0 bridgehead atoms. The van der Waals surface area contributed by atoms with Gasteiger partial charge in [-0.1, -0.05) is 40.9 Å². The average Bonchev–Trinajstić information content (AvgIpc) is 2.99. The summed E-state index contributed by atoms with van der Waals surface area (Å²) in [6.45, 7) is 4.51. The summed E-state index contributed by atoms with van der Waals surface area (Å²) in [5, 5.41) is 10.2. The molecule has 0 aromatic heterocycles. The van der Waals surface area contributed by atoms with Crippen LogP contribution in [0.1, 0.15) is 33.0 Å². The number of aryl methyl sites for hydroxylation is 2. The van der Waals surface area contributed by atoms with Crippen LogP contribution >= 0.6 is 11.6 Å². The molecule has 3 rings (SSSR count). The largest absolute Gasteiger partial charge is 0.481 e. The molecule has 2 aromatic rings. The van der Waals surface area contributed by atoms with Gasteiger partial charge in [0.2, 0.25) is 0 Å². The van der Waals surface area contributed by atoms with E-state index in [1.165, 1.54) is 0 Å². The van der Waals surface area contributed by atoms with E-state index in [0.29, 0.717) is 17.1 Å². The van der Waals surface area contributed by atoms with E-state index in [1.54, 1.807) is 17.0 Å². The molecule has 2 atom stereocenters. The van der Waals surface area contributed by atoms with Crippen molar-refractivity contribution < 1.29 is 14.7 Å². The highest BCUT2D eigenvalue weighted by Crippen LogP contribution is 2.34. The molecule has 1 heterocycles. The molecule has 0 spiro atoms. The molecule has 1 aliphatic rings. The molecule has 5 heteroatoms. The lowest BCUT2D eigenvalue weighted by Gasteiger charge is -2.17. The van der Waals surface area contributed by atoms with Crippen LogP contribution in [0.5, 0.6) is 0 Å². The number of benzene rings is 2. The van der Waals surface area contributed by atoms with Crippen LogP contribution in [0.2, 0.25) is 5.02 Å². The number of aliphatic carboxylic acids is 1. The third-order valence-electron chi connectivity index (χ3n) is 4.69. The summed E-state index contributed by atoms with van der Waals surface area (Å²) in [7, 11) is 0. The summed E-state index contributed by atoms with van der Waals surface area (Å²) in [5.41, 5.74) is 3.55. The molecule has 1 aliphatic heterocycles. The van der Waals surface area contributed by atoms with Crippen molar-refractivity contribution in [1.82, 2.24) is 4.90 Å². The zero-order chi connectivity index (χ0) is 18.1. The summed E-state index contributed by atoms with van der Waals surface area (Å²) in [4.78, 5) is 26.2. The number of hydrogen-bond acceptors (Lipinski definition) is 2. The maximum atomic E-state index is 12.9. The lowest BCUT2D eigenvalue weighted by atomic mass is 9.89. The van der Waals surface area contributed by atoms with E-state index in [0.717, 1.165) is 16.7 Å². The molecule has 1 N–H and O–H groups in total. The van der Waals surface area contributed by atoms with Crippen LogP contribution in [0.15, 0.2) is 42.5 Å². The monoisotopic (exact) mass is 357 g/mol. The predicted molar refractivity (Wildman–Crippen MR) is 97.1 cm³/mol. The maximum Gasteiger partial charge on any atom is 0.308 e. The fourth-order valence-electron chi connectivity index (χ4n) is 3.55. The quantitative estimate of drug-likeness (QED) is 0.906. The molecule has 0 aliphatic carbocycles. The molecule has 1 saturated heterocycles. The highest BCUT2D eigenvalue weighted by molar-refractivity contribution is 6.30. The van der Waals surface area contributed by atoms with Crippen molar-refractivity contribution in [2.75, 3.05) is 13.1 Å². The molecule has 4 nitrogen and oxygen atoms in total. The van der Waals surface area contributed by atoms with Crippen molar-refractivity contribution in [3.63, 3.8) is 0 Å². The number of carboxylic acids is 1. The highest BCUT2D eigenvalue weighted by Gasteiger charge is 2.40. The van der Waals surface area contributed by atoms with Gasteiger partial charge in [0.15, 0.2) is 0 Å². The van der Waals surface area contributed by atoms with Crippen molar-refractivity contribution in [3.05, 3.63) is 69.7 Å². The van der Waals surface area contributed by atoms with E-state index in [1.807, 2.05) is 44.2 Å². The molecular weight excluding hydrogens is 338 g/mol. The second-order valence-electron chi connectivity index (χ2n) is 6.69. The van der Waals surface area contributed by atoms with Crippen molar-refractivity contribution in [3.8, 4) is 0 Å². The van der Waals surface area contributed by atoms with Crippen LogP contribution in [-0.2, 0) is 4.79 Å². The molecule has 2 aromatic carbocycles. The van der Waals surface area contributed by atoms with Gasteiger partial charge in [-0.25, -0.2) is 0 Å². The summed E-state index contributed by atoms with van der Waals surface area (Å²) in [5.74, 6) is -1.84. The van der Waals surface area contributed by atoms with E-state index in [2.05, 4.69) is 0 Å². The number of hydrogen-bond donors (Lipinski definition) is 1. The van der Waals surface area contributed by atoms with Crippen molar-refractivity contribution in [2.24, 2.45) is 5.92 Å². The summed E-state index contributed by atoms with van der Waals surface area (Å²) >= 11 is 5.93. The first-order valence-corrected chi connectivity index (χ1v) is 8.59. The molecule has 0 saturated carbocycles. The van der Waals surface area contributed by atoms with Crippen LogP contribution in [0.4, 0.5) is 0 Å². The van der Waals surface area contributed by atoms with Gasteiger partial charge >= 0.3 is 5.97 Å². The van der Waals surface area contributed by atoms with Gasteiger partial charge in [-0.15, -0.1) is 0 Å². The molecule has 1 fully saturated rings. The average molecular weight is 358 g/mol. The molecule has 25 heavy (non-hydrogen) atoms. The Hall–Kier alpha value is -2.33. The van der Waals surface area contributed by atoms with Gasteiger partial charge < -0.3 is 10.0 Å². The summed E-state index contributed by atoms with van der Waals surface area (Å²) in [6, 6.07) is 12.9. The van der Waals surface area contributed by atoms with Crippen LogP contribution < -0.4 is 0 Å². The molecule has 130 valence electrons. The van der Waals surface area contributed by atoms with E-state index in [4.69, 9.17) is 11.6 Å². The van der Waals surface area contributed by atoms with Crippen LogP contribution in [0, 0.1) is 19.8 Å². The van der Waals surface area contributed by atoms with Gasteiger partial charge in [0, 0.05) is 29.6 Å². The zero-order valence-electron chi connectivity index (χ0n) is 14.2. The number of carbonyl (C=O) groups is 2. The number of rotatable bonds is 3. The zero-order valence-corrected chi connectivity index (χ0v) is 15.0. The highest BCUT2D eigenvalue weighted by atomic mass is 35.5. The Bertz CT molecular complexity index is 796. The standard InChI is InChI=1S/C20H20ClNO3/c1-12-7-13(2)9-15(8-12)19(23)22-10-17(18(11-22)20(24)25)14-3-5-16(21)6-4-14/h3-9,17-18H,10-11H2,1-2H3,(H,24,25)/t17-,18+/m0/s1. The number of nitrogens with zero attached hydrogens (tertiary/aromatic N) is 1. The third kappa shape index (κ3) is 3.69. The first-order chi connectivity index (χ1) is 11.8. The van der Waals surface area contributed by atoms with Gasteiger partial charge in [-0.3, -0.25) is 9.59 Å². The van der Waals surface area contributed by atoms with Gasteiger partial charge in [-0.2, -0.15) is 0 Å². The SMILES string of the molecule is Cc1cc(C)cc(C(=O)N2C[C@@H](C(=O)O)[C@H](c3ccc(Cl)cc3)C2)c1. The Kier molecular flexibility index (Phi) is 4.82. The topological polar surface area (TPSA) is 57.6 Å². The molecule has 0 unspecified atom stereocenters. The minimum Gasteiger partial charge on any atom is -0.481 e. The van der Waals surface area contributed by atoms with Crippen LogP contribution in [-0.4, -0.2) is 35.0 Å². The Morgan fingerprint density at radius 3 is 2.20 bits per heavy atom. The lowest BCUT2D eigenvalue weighted by Crippen LogP contribution is -2.30. The molecule has 0 radical (unpaired) electrons. The van der Waals surface area contributed by atoms with Crippen LogP contribution in [0.3, 0.4) is 0 Å². The van der Waals surface area contributed by atoms with Crippen molar-refractivity contribution in [2.45, 2.75) is 19.8 Å². The van der Waals surface area contributed by atoms with E-state index in [-0.39, 0.29) is 18.4 Å². The minimum absolute atomic E-state index is 0.116. The number of halogens is 1. The van der Waals surface area contributed by atoms with E-state index < -0.39 is 11.9 Å².